The predicted octanol–water partition coefficient (Wildman–Crippen LogP) is 2.80. The second-order valence-corrected chi connectivity index (χ2v) is 5.89. The van der Waals surface area contributed by atoms with Gasteiger partial charge in [0.2, 0.25) is 0 Å². The Morgan fingerprint density at radius 1 is 1.24 bits per heavy atom. The van der Waals surface area contributed by atoms with Crippen LogP contribution in [0.5, 0.6) is 0 Å². The van der Waals surface area contributed by atoms with E-state index in [2.05, 4.69) is 34.7 Å². The van der Waals surface area contributed by atoms with Gasteiger partial charge in [-0.15, -0.1) is 11.3 Å². The normalized spacial score (nSPS) is 10.8. The third-order valence-corrected chi connectivity index (χ3v) is 4.56. The Hall–Kier alpha value is -2.24. The molecule has 5 heteroatoms. The summed E-state index contributed by atoms with van der Waals surface area (Å²) in [6, 6.07) is 14.5. The molecular formula is C16H15N3OS. The SMILES string of the molecule is Cc1nc(Cc2cccc3ccccc23)sc1C(=O)NN. The molecule has 0 aliphatic rings. The fourth-order valence-corrected chi connectivity index (χ4v) is 3.40. The highest BCUT2D eigenvalue weighted by atomic mass is 32.1. The first-order valence-electron chi connectivity index (χ1n) is 6.63. The maximum absolute atomic E-state index is 11.6. The van der Waals surface area contributed by atoms with E-state index < -0.39 is 0 Å². The zero-order valence-electron chi connectivity index (χ0n) is 11.6. The molecule has 2 aromatic carbocycles. The number of rotatable bonds is 3. The second kappa shape index (κ2) is 5.63. The number of thiazole rings is 1. The Balaban J connectivity index is 1.98. The number of aryl methyl sites for hydroxylation is 1. The van der Waals surface area contributed by atoms with Crippen molar-refractivity contribution >= 4 is 28.0 Å². The summed E-state index contributed by atoms with van der Waals surface area (Å²) in [4.78, 5) is 16.7. The van der Waals surface area contributed by atoms with E-state index in [0.29, 0.717) is 11.3 Å². The highest BCUT2D eigenvalue weighted by Gasteiger charge is 2.14. The Bertz CT molecular complexity index is 805. The Labute approximate surface area is 126 Å². The lowest BCUT2D eigenvalue weighted by atomic mass is 10.0. The van der Waals surface area contributed by atoms with Crippen LogP contribution in [0.3, 0.4) is 0 Å². The van der Waals surface area contributed by atoms with Crippen LogP contribution in [-0.4, -0.2) is 10.9 Å². The van der Waals surface area contributed by atoms with Crippen LogP contribution in [0.2, 0.25) is 0 Å². The molecule has 0 aliphatic carbocycles. The molecule has 0 saturated carbocycles. The number of hydrogen-bond donors (Lipinski definition) is 2. The number of nitrogens with one attached hydrogen (secondary N) is 1. The number of nitrogens with zero attached hydrogens (tertiary/aromatic N) is 1. The monoisotopic (exact) mass is 297 g/mol. The molecule has 1 aromatic heterocycles. The van der Waals surface area contributed by atoms with Gasteiger partial charge in [-0.2, -0.15) is 0 Å². The van der Waals surface area contributed by atoms with Crippen LogP contribution >= 0.6 is 11.3 Å². The lowest BCUT2D eigenvalue weighted by Crippen LogP contribution is -2.29. The Kier molecular flexibility index (Phi) is 3.68. The first-order valence-corrected chi connectivity index (χ1v) is 7.44. The number of nitrogen functional groups attached to an aromatic ring is 1. The Morgan fingerprint density at radius 3 is 2.81 bits per heavy atom. The van der Waals surface area contributed by atoms with Gasteiger partial charge >= 0.3 is 0 Å². The van der Waals surface area contributed by atoms with E-state index in [4.69, 9.17) is 5.84 Å². The van der Waals surface area contributed by atoms with Gasteiger partial charge in [0.1, 0.15) is 4.88 Å². The maximum Gasteiger partial charge on any atom is 0.277 e. The first kappa shape index (κ1) is 13.7. The highest BCUT2D eigenvalue weighted by molar-refractivity contribution is 7.13. The summed E-state index contributed by atoms with van der Waals surface area (Å²) in [5.74, 6) is 4.91. The number of carbonyl (C=O) groups is 1. The van der Waals surface area contributed by atoms with E-state index in [1.54, 1.807) is 0 Å². The summed E-state index contributed by atoms with van der Waals surface area (Å²) in [6.45, 7) is 1.83. The molecule has 0 aliphatic heterocycles. The summed E-state index contributed by atoms with van der Waals surface area (Å²) < 4.78 is 0. The van der Waals surface area contributed by atoms with E-state index >= 15 is 0 Å². The van der Waals surface area contributed by atoms with Crippen LogP contribution in [0.1, 0.15) is 25.9 Å². The minimum atomic E-state index is -0.283. The minimum absolute atomic E-state index is 0.283. The summed E-state index contributed by atoms with van der Waals surface area (Å²) in [5.41, 5.74) is 4.09. The Morgan fingerprint density at radius 2 is 2.00 bits per heavy atom. The van der Waals surface area contributed by atoms with Crippen LogP contribution in [0.15, 0.2) is 42.5 Å². The third kappa shape index (κ3) is 2.66. The summed E-state index contributed by atoms with van der Waals surface area (Å²) in [5, 5.41) is 3.35. The van der Waals surface area contributed by atoms with Crippen LogP contribution in [0.25, 0.3) is 10.8 Å². The summed E-state index contributed by atoms with van der Waals surface area (Å²) in [7, 11) is 0. The number of benzene rings is 2. The average molecular weight is 297 g/mol. The van der Waals surface area contributed by atoms with Gasteiger partial charge in [-0.05, 0) is 23.3 Å². The summed E-state index contributed by atoms with van der Waals surface area (Å²) >= 11 is 1.39. The van der Waals surface area contributed by atoms with Crippen molar-refractivity contribution < 1.29 is 4.79 Å². The zero-order chi connectivity index (χ0) is 14.8. The molecular weight excluding hydrogens is 282 g/mol. The van der Waals surface area contributed by atoms with Crippen LogP contribution in [0.4, 0.5) is 0 Å². The van der Waals surface area contributed by atoms with Gasteiger partial charge in [0.15, 0.2) is 0 Å². The van der Waals surface area contributed by atoms with E-state index in [1.807, 2.05) is 25.1 Å². The predicted molar refractivity (Wildman–Crippen MR) is 85.3 cm³/mol. The van der Waals surface area contributed by atoms with Crippen molar-refractivity contribution in [3.63, 3.8) is 0 Å². The van der Waals surface area contributed by atoms with Crippen molar-refractivity contribution in [2.75, 3.05) is 0 Å². The molecule has 0 atom stereocenters. The largest absolute Gasteiger partial charge is 0.289 e. The molecule has 1 amide bonds. The lowest BCUT2D eigenvalue weighted by molar-refractivity contribution is 0.0957. The van der Waals surface area contributed by atoms with Gasteiger partial charge in [0.05, 0.1) is 10.7 Å². The standard InChI is InChI=1S/C16H15N3OS/c1-10-15(16(20)19-17)21-14(18-10)9-12-7-4-6-11-5-2-3-8-13(11)12/h2-8H,9,17H2,1H3,(H,19,20). The van der Waals surface area contributed by atoms with Gasteiger partial charge in [0.25, 0.3) is 5.91 Å². The van der Waals surface area contributed by atoms with Crippen LogP contribution in [0, 0.1) is 6.92 Å². The molecule has 0 radical (unpaired) electrons. The van der Waals surface area contributed by atoms with Gasteiger partial charge in [-0.3, -0.25) is 10.2 Å². The fourth-order valence-electron chi connectivity index (χ4n) is 2.41. The smallest absolute Gasteiger partial charge is 0.277 e. The van der Waals surface area contributed by atoms with Gasteiger partial charge in [0, 0.05) is 6.42 Å². The molecule has 0 saturated heterocycles. The quantitative estimate of drug-likeness (QED) is 0.444. The van der Waals surface area contributed by atoms with E-state index in [9.17, 15) is 4.79 Å². The van der Waals surface area contributed by atoms with Gasteiger partial charge in [-0.25, -0.2) is 10.8 Å². The average Bonchev–Trinajstić information content (AvgIpc) is 2.87. The van der Waals surface area contributed by atoms with Crippen molar-refractivity contribution in [1.29, 1.82) is 0 Å². The number of fused-ring (bicyclic) bond motifs is 1. The summed E-state index contributed by atoms with van der Waals surface area (Å²) in [6.07, 6.45) is 0.713. The van der Waals surface area contributed by atoms with Gasteiger partial charge in [-0.1, -0.05) is 42.5 Å². The molecule has 106 valence electrons. The topological polar surface area (TPSA) is 68.0 Å². The number of nitrogens with two attached hydrogens (primary N) is 1. The van der Waals surface area contributed by atoms with Crippen molar-refractivity contribution in [3.05, 3.63) is 63.6 Å². The molecule has 21 heavy (non-hydrogen) atoms. The minimum Gasteiger partial charge on any atom is -0.289 e. The van der Waals surface area contributed by atoms with Crippen LogP contribution in [-0.2, 0) is 6.42 Å². The van der Waals surface area contributed by atoms with Gasteiger partial charge < -0.3 is 0 Å². The number of hydrogen-bond acceptors (Lipinski definition) is 4. The number of amides is 1. The maximum atomic E-state index is 11.6. The highest BCUT2D eigenvalue weighted by Crippen LogP contribution is 2.25. The molecule has 3 rings (SSSR count). The molecule has 0 fully saturated rings. The number of carbonyl (C=O) groups excluding carboxylic acids is 1. The van der Waals surface area contributed by atoms with Crippen molar-refractivity contribution in [1.82, 2.24) is 10.4 Å². The molecule has 3 aromatic rings. The molecule has 0 bridgehead atoms. The van der Waals surface area contributed by atoms with E-state index in [0.717, 1.165) is 10.7 Å². The molecule has 4 nitrogen and oxygen atoms in total. The zero-order valence-corrected chi connectivity index (χ0v) is 12.4. The fraction of sp³-hybridized carbons (Fsp3) is 0.125. The second-order valence-electron chi connectivity index (χ2n) is 4.81. The molecule has 0 spiro atoms. The van der Waals surface area contributed by atoms with Crippen molar-refractivity contribution in [2.45, 2.75) is 13.3 Å². The van der Waals surface area contributed by atoms with E-state index in [-0.39, 0.29) is 5.91 Å². The van der Waals surface area contributed by atoms with Crippen LogP contribution < -0.4 is 11.3 Å². The lowest BCUT2D eigenvalue weighted by Gasteiger charge is -2.04. The molecule has 0 unspecified atom stereocenters. The molecule has 1 heterocycles. The first-order chi connectivity index (χ1) is 10.2. The van der Waals surface area contributed by atoms with Crippen molar-refractivity contribution in [2.24, 2.45) is 5.84 Å². The van der Waals surface area contributed by atoms with E-state index in [1.165, 1.54) is 27.7 Å². The number of aromatic nitrogens is 1. The third-order valence-electron chi connectivity index (χ3n) is 3.40. The molecule has 3 N–H and O–H groups in total. The number of hydrazine groups is 1. The van der Waals surface area contributed by atoms with Crippen molar-refractivity contribution in [3.8, 4) is 0 Å².